The smallest absolute Gasteiger partial charge is 0.407 e. The zero-order chi connectivity index (χ0) is 31.1. The number of ether oxygens (including phenoxy) is 2. The van der Waals surface area contributed by atoms with Crippen LogP contribution in [0.15, 0.2) is 91.5 Å². The van der Waals surface area contributed by atoms with E-state index in [0.717, 1.165) is 54.4 Å². The van der Waals surface area contributed by atoms with Crippen LogP contribution >= 0.6 is 0 Å². The maximum Gasteiger partial charge on any atom is 0.407 e. The second kappa shape index (κ2) is 17.2. The number of hydrogen-bond acceptors (Lipinski definition) is 5. The fourth-order valence-electron chi connectivity index (χ4n) is 6.06. The summed E-state index contributed by atoms with van der Waals surface area (Å²) in [4.78, 5) is 38.4. The minimum absolute atomic E-state index is 0.0797. The molecule has 1 aliphatic carbocycles. The number of alkyl carbamates (subject to hydrolysis) is 1. The molecule has 3 aromatic rings. The van der Waals surface area contributed by atoms with Crippen LogP contribution in [0.3, 0.4) is 0 Å². The first-order valence-corrected chi connectivity index (χ1v) is 15.9. The average Bonchev–Trinajstić information content (AvgIpc) is 3.36. The molecule has 0 saturated heterocycles. The van der Waals surface area contributed by atoms with Gasteiger partial charge in [-0.15, -0.1) is 0 Å². The first kappa shape index (κ1) is 32.7. The third kappa shape index (κ3) is 9.40. The average molecular weight is 596 g/mol. The molecule has 4 rings (SSSR count). The van der Waals surface area contributed by atoms with Crippen LogP contribution in [0.5, 0.6) is 0 Å². The summed E-state index contributed by atoms with van der Waals surface area (Å²) < 4.78 is 11.0. The first-order valence-electron chi connectivity index (χ1n) is 15.9. The van der Waals surface area contributed by atoms with Crippen molar-refractivity contribution in [2.45, 2.75) is 76.7 Å². The molecule has 0 aliphatic heterocycles. The molecule has 0 spiro atoms. The van der Waals surface area contributed by atoms with E-state index in [-0.39, 0.29) is 37.3 Å². The molecule has 1 aliphatic rings. The number of carbonyl (C=O) groups is 3. The van der Waals surface area contributed by atoms with Crippen molar-refractivity contribution in [1.29, 1.82) is 0 Å². The lowest BCUT2D eigenvalue weighted by molar-refractivity contribution is -0.148. The molecular weight excluding hydrogens is 550 g/mol. The summed E-state index contributed by atoms with van der Waals surface area (Å²) in [6, 6.07) is 26.0. The van der Waals surface area contributed by atoms with E-state index in [1.54, 1.807) is 0 Å². The first-order chi connectivity index (χ1) is 21.5. The van der Waals surface area contributed by atoms with E-state index >= 15 is 0 Å². The molecule has 0 radical (unpaired) electrons. The van der Waals surface area contributed by atoms with Gasteiger partial charge in [-0.3, -0.25) is 9.59 Å². The van der Waals surface area contributed by atoms with Gasteiger partial charge < -0.3 is 14.8 Å². The number of rotatable bonds is 18. The highest BCUT2D eigenvalue weighted by Crippen LogP contribution is 2.44. The standard InChI is InChI=1S/C38H45NO5/c1-3-25-43-37(41)30(20-12-7-5-4-6-9-17-29-18-10-8-11-19-29)26-36(28(2)40)39-38(42)44-27-35-33-23-15-13-21-31(33)32-22-14-16-24-34(32)35/h3,8,10-11,13-16,18-19,21-24,30,35-36H,1,4-7,9,12,17,20,25-27H2,2H3,(H,39,42)/t30-,36-/m0/s1. The van der Waals surface area contributed by atoms with Gasteiger partial charge in [-0.1, -0.05) is 124 Å². The third-order valence-electron chi connectivity index (χ3n) is 8.43. The van der Waals surface area contributed by atoms with Gasteiger partial charge in [0.2, 0.25) is 0 Å². The lowest BCUT2D eigenvalue weighted by Crippen LogP contribution is -2.42. The van der Waals surface area contributed by atoms with Crippen LogP contribution in [0.25, 0.3) is 11.1 Å². The lowest BCUT2D eigenvalue weighted by atomic mass is 9.92. The molecule has 1 amide bonds. The molecule has 0 saturated carbocycles. The predicted molar refractivity (Wildman–Crippen MR) is 174 cm³/mol. The van der Waals surface area contributed by atoms with Crippen LogP contribution in [-0.2, 0) is 25.5 Å². The van der Waals surface area contributed by atoms with E-state index in [0.29, 0.717) is 6.42 Å². The molecule has 0 unspecified atom stereocenters. The summed E-state index contributed by atoms with van der Waals surface area (Å²) in [6.45, 7) is 5.32. The number of Topliss-reactive ketones (excluding diaryl/α,β-unsaturated/α-hetero) is 1. The summed E-state index contributed by atoms with van der Waals surface area (Å²) in [5.41, 5.74) is 5.90. The molecule has 2 atom stereocenters. The van der Waals surface area contributed by atoms with E-state index in [1.807, 2.05) is 30.3 Å². The van der Waals surface area contributed by atoms with E-state index in [2.05, 4.69) is 60.4 Å². The quantitative estimate of drug-likeness (QED) is 0.0911. The highest BCUT2D eigenvalue weighted by molar-refractivity contribution is 5.86. The molecule has 3 aromatic carbocycles. The molecule has 0 aromatic heterocycles. The second-order valence-electron chi connectivity index (χ2n) is 11.6. The second-order valence-corrected chi connectivity index (χ2v) is 11.6. The Balaban J connectivity index is 1.25. The van der Waals surface area contributed by atoms with Crippen LogP contribution in [-0.4, -0.2) is 37.1 Å². The van der Waals surface area contributed by atoms with Crippen molar-refractivity contribution in [3.63, 3.8) is 0 Å². The van der Waals surface area contributed by atoms with Crippen molar-refractivity contribution in [3.05, 3.63) is 108 Å². The van der Waals surface area contributed by atoms with Gasteiger partial charge in [0.25, 0.3) is 0 Å². The zero-order valence-corrected chi connectivity index (χ0v) is 25.8. The number of esters is 1. The molecule has 0 heterocycles. The summed E-state index contributed by atoms with van der Waals surface area (Å²) >= 11 is 0. The Hall–Kier alpha value is -4.19. The normalized spacial score (nSPS) is 13.3. The fraction of sp³-hybridized carbons (Fsp3) is 0.395. The SMILES string of the molecule is C=CCOC(=O)[C@@H](CCCCCCCCc1ccccc1)C[C@H](NC(=O)OCC1c2ccccc2-c2ccccc21)C(C)=O. The van der Waals surface area contributed by atoms with Gasteiger partial charge in [-0.2, -0.15) is 0 Å². The fourth-order valence-corrected chi connectivity index (χ4v) is 6.06. The summed E-state index contributed by atoms with van der Waals surface area (Å²) in [7, 11) is 0. The largest absolute Gasteiger partial charge is 0.461 e. The maximum absolute atomic E-state index is 12.9. The molecular formula is C38H45NO5. The molecule has 44 heavy (non-hydrogen) atoms. The summed E-state index contributed by atoms with van der Waals surface area (Å²) in [5.74, 6) is -1.17. The van der Waals surface area contributed by atoms with Crippen molar-refractivity contribution >= 4 is 17.8 Å². The highest BCUT2D eigenvalue weighted by atomic mass is 16.5. The molecule has 0 fully saturated rings. The van der Waals surface area contributed by atoms with Gasteiger partial charge in [0, 0.05) is 5.92 Å². The van der Waals surface area contributed by atoms with E-state index < -0.39 is 18.1 Å². The minimum Gasteiger partial charge on any atom is -0.461 e. The number of ketones is 1. The number of unbranched alkanes of at least 4 members (excludes halogenated alkanes) is 5. The molecule has 1 N–H and O–H groups in total. The predicted octanol–water partition coefficient (Wildman–Crippen LogP) is 8.19. The number of nitrogens with one attached hydrogen (secondary N) is 1. The number of benzene rings is 3. The molecule has 6 heteroatoms. The van der Waals surface area contributed by atoms with Gasteiger partial charge >= 0.3 is 12.1 Å². The third-order valence-corrected chi connectivity index (χ3v) is 8.43. The number of hydrogen-bond donors (Lipinski definition) is 1. The summed E-state index contributed by atoms with van der Waals surface area (Å²) in [5, 5.41) is 2.73. The molecule has 6 nitrogen and oxygen atoms in total. The van der Waals surface area contributed by atoms with Gasteiger partial charge in [-0.25, -0.2) is 4.79 Å². The number of aryl methyl sites for hydroxylation is 1. The van der Waals surface area contributed by atoms with Crippen molar-refractivity contribution < 1.29 is 23.9 Å². The topological polar surface area (TPSA) is 81.7 Å². The lowest BCUT2D eigenvalue weighted by Gasteiger charge is -2.22. The Labute approximate surface area is 261 Å². The van der Waals surface area contributed by atoms with Gasteiger partial charge in [-0.05, 0) is 60.4 Å². The Bertz CT molecular complexity index is 1340. The molecule has 232 valence electrons. The van der Waals surface area contributed by atoms with Crippen molar-refractivity contribution in [3.8, 4) is 11.1 Å². The van der Waals surface area contributed by atoms with Crippen LogP contribution in [0, 0.1) is 5.92 Å². The van der Waals surface area contributed by atoms with E-state index in [9.17, 15) is 14.4 Å². The van der Waals surface area contributed by atoms with Crippen molar-refractivity contribution in [1.82, 2.24) is 5.32 Å². The Kier molecular flexibility index (Phi) is 12.8. The number of amides is 1. The van der Waals surface area contributed by atoms with E-state index in [1.165, 1.54) is 31.4 Å². The van der Waals surface area contributed by atoms with Crippen LogP contribution in [0.1, 0.15) is 80.9 Å². The van der Waals surface area contributed by atoms with Gasteiger partial charge in [0.05, 0.1) is 12.0 Å². The Morgan fingerprint density at radius 2 is 1.39 bits per heavy atom. The van der Waals surface area contributed by atoms with Crippen LogP contribution < -0.4 is 5.32 Å². The number of fused-ring (bicyclic) bond motifs is 3. The van der Waals surface area contributed by atoms with E-state index in [4.69, 9.17) is 9.47 Å². The monoisotopic (exact) mass is 595 g/mol. The van der Waals surface area contributed by atoms with Crippen LogP contribution in [0.4, 0.5) is 4.79 Å². The van der Waals surface area contributed by atoms with Gasteiger partial charge in [0.1, 0.15) is 13.2 Å². The maximum atomic E-state index is 12.9. The summed E-state index contributed by atoms with van der Waals surface area (Å²) in [6.07, 6.45) is 9.17. The molecule has 0 bridgehead atoms. The van der Waals surface area contributed by atoms with Crippen LogP contribution in [0.2, 0.25) is 0 Å². The van der Waals surface area contributed by atoms with Gasteiger partial charge in [0.15, 0.2) is 5.78 Å². The Morgan fingerprint density at radius 1 is 0.795 bits per heavy atom. The highest BCUT2D eigenvalue weighted by Gasteiger charge is 2.31. The minimum atomic E-state index is -0.843. The van der Waals surface area contributed by atoms with Crippen molar-refractivity contribution in [2.24, 2.45) is 5.92 Å². The zero-order valence-electron chi connectivity index (χ0n) is 25.8. The number of carbonyl (C=O) groups excluding carboxylic acids is 3. The van der Waals surface area contributed by atoms with Crippen molar-refractivity contribution in [2.75, 3.05) is 13.2 Å². The Morgan fingerprint density at radius 3 is 2.02 bits per heavy atom.